The van der Waals surface area contributed by atoms with Gasteiger partial charge in [0.25, 0.3) is 0 Å². The zero-order chi connectivity index (χ0) is 12.5. The first-order valence-corrected chi connectivity index (χ1v) is 6.07. The molecule has 0 saturated heterocycles. The van der Waals surface area contributed by atoms with E-state index in [1.54, 1.807) is 12.1 Å². The fraction of sp³-hybridized carbons (Fsp3) is 0. The number of halogens is 2. The molecule has 3 aromatic rings. The summed E-state index contributed by atoms with van der Waals surface area (Å²) in [5.41, 5.74) is 1.27. The molecule has 0 heterocycles. The summed E-state index contributed by atoms with van der Waals surface area (Å²) in [6, 6.07) is 18.6. The molecule has 0 bridgehead atoms. The number of rotatable bonds is 1. The lowest BCUT2D eigenvalue weighted by molar-refractivity contribution is 0.631. The van der Waals surface area contributed by atoms with Gasteiger partial charge in [0, 0.05) is 5.56 Å². The molecular weight excluding hydrogens is 247 g/mol. The van der Waals surface area contributed by atoms with E-state index in [0.29, 0.717) is 10.6 Å². The fourth-order valence-electron chi connectivity index (χ4n) is 2.12. The lowest BCUT2D eigenvalue weighted by atomic mass is 10.0. The third-order valence-electron chi connectivity index (χ3n) is 3.00. The van der Waals surface area contributed by atoms with Crippen molar-refractivity contribution < 1.29 is 4.39 Å². The monoisotopic (exact) mass is 256 g/mol. The van der Waals surface area contributed by atoms with Crippen LogP contribution in [0.1, 0.15) is 0 Å². The molecule has 0 aliphatic carbocycles. The molecule has 0 aliphatic heterocycles. The second-order valence-corrected chi connectivity index (χ2v) is 4.57. The van der Waals surface area contributed by atoms with Crippen LogP contribution in [0.15, 0.2) is 60.7 Å². The van der Waals surface area contributed by atoms with Crippen molar-refractivity contribution in [1.29, 1.82) is 0 Å². The molecule has 0 aliphatic rings. The van der Waals surface area contributed by atoms with Crippen LogP contribution in [0.5, 0.6) is 0 Å². The lowest BCUT2D eigenvalue weighted by Gasteiger charge is -2.07. The van der Waals surface area contributed by atoms with Crippen LogP contribution in [0.2, 0.25) is 5.02 Å². The average Bonchev–Trinajstić information content (AvgIpc) is 2.38. The van der Waals surface area contributed by atoms with Gasteiger partial charge in [-0.3, -0.25) is 0 Å². The SMILES string of the molecule is Fc1cccc(Cl)c1-c1ccc2ccccc2c1. The Morgan fingerprint density at radius 2 is 1.56 bits per heavy atom. The predicted octanol–water partition coefficient (Wildman–Crippen LogP) is 5.30. The number of hydrogen-bond acceptors (Lipinski definition) is 0. The third kappa shape index (κ3) is 1.87. The summed E-state index contributed by atoms with van der Waals surface area (Å²) in [6.07, 6.45) is 0. The minimum absolute atomic E-state index is 0.294. The molecule has 0 atom stereocenters. The molecule has 88 valence electrons. The molecule has 0 amide bonds. The Bertz CT molecular complexity index is 699. The van der Waals surface area contributed by atoms with E-state index in [1.807, 2.05) is 42.5 Å². The molecule has 3 aromatic carbocycles. The van der Waals surface area contributed by atoms with Crippen molar-refractivity contribution >= 4 is 22.4 Å². The van der Waals surface area contributed by atoms with Crippen molar-refractivity contribution in [3.8, 4) is 11.1 Å². The van der Waals surface area contributed by atoms with Crippen LogP contribution in [0, 0.1) is 5.82 Å². The Balaban J connectivity index is 2.26. The summed E-state index contributed by atoms with van der Waals surface area (Å²) in [7, 11) is 0. The minimum atomic E-state index is -0.294. The van der Waals surface area contributed by atoms with Crippen LogP contribution in [-0.4, -0.2) is 0 Å². The van der Waals surface area contributed by atoms with Crippen molar-refractivity contribution in [2.24, 2.45) is 0 Å². The summed E-state index contributed by atoms with van der Waals surface area (Å²) in [5, 5.41) is 2.65. The average molecular weight is 257 g/mol. The third-order valence-corrected chi connectivity index (χ3v) is 3.32. The van der Waals surface area contributed by atoms with E-state index in [-0.39, 0.29) is 5.82 Å². The van der Waals surface area contributed by atoms with Gasteiger partial charge in [-0.05, 0) is 34.5 Å². The zero-order valence-electron chi connectivity index (χ0n) is 9.53. The molecular formula is C16H10ClF. The van der Waals surface area contributed by atoms with E-state index < -0.39 is 0 Å². The highest BCUT2D eigenvalue weighted by atomic mass is 35.5. The van der Waals surface area contributed by atoms with Crippen molar-refractivity contribution in [3.63, 3.8) is 0 Å². The molecule has 0 N–H and O–H groups in total. The highest BCUT2D eigenvalue weighted by Crippen LogP contribution is 2.32. The molecule has 2 heteroatoms. The molecule has 0 nitrogen and oxygen atoms in total. The van der Waals surface area contributed by atoms with Gasteiger partial charge < -0.3 is 0 Å². The van der Waals surface area contributed by atoms with E-state index in [1.165, 1.54) is 6.07 Å². The van der Waals surface area contributed by atoms with Crippen LogP contribution in [0.4, 0.5) is 4.39 Å². The summed E-state index contributed by atoms with van der Waals surface area (Å²) >= 11 is 6.08. The largest absolute Gasteiger partial charge is 0.206 e. The van der Waals surface area contributed by atoms with E-state index in [0.717, 1.165) is 16.3 Å². The Kier molecular flexibility index (Phi) is 2.77. The number of hydrogen-bond donors (Lipinski definition) is 0. The molecule has 0 unspecified atom stereocenters. The van der Waals surface area contributed by atoms with Crippen molar-refractivity contribution in [2.45, 2.75) is 0 Å². The first-order chi connectivity index (χ1) is 8.75. The van der Waals surface area contributed by atoms with Gasteiger partial charge >= 0.3 is 0 Å². The molecule has 0 saturated carbocycles. The Hall–Kier alpha value is -1.86. The fourth-order valence-corrected chi connectivity index (χ4v) is 2.39. The normalized spacial score (nSPS) is 10.8. The van der Waals surface area contributed by atoms with E-state index in [2.05, 4.69) is 0 Å². The molecule has 0 aromatic heterocycles. The minimum Gasteiger partial charge on any atom is -0.206 e. The van der Waals surface area contributed by atoms with Crippen molar-refractivity contribution in [3.05, 3.63) is 71.5 Å². The van der Waals surface area contributed by atoms with Gasteiger partial charge in [0.05, 0.1) is 5.02 Å². The number of fused-ring (bicyclic) bond motifs is 1. The second-order valence-electron chi connectivity index (χ2n) is 4.16. The maximum Gasteiger partial charge on any atom is 0.132 e. The Morgan fingerprint density at radius 1 is 0.778 bits per heavy atom. The van der Waals surface area contributed by atoms with E-state index in [4.69, 9.17) is 11.6 Å². The molecule has 18 heavy (non-hydrogen) atoms. The predicted molar refractivity (Wildman–Crippen MR) is 74.4 cm³/mol. The maximum atomic E-state index is 13.9. The number of benzene rings is 3. The Labute approximate surface area is 110 Å². The molecule has 0 radical (unpaired) electrons. The van der Waals surface area contributed by atoms with Crippen LogP contribution in [-0.2, 0) is 0 Å². The maximum absolute atomic E-state index is 13.9. The van der Waals surface area contributed by atoms with E-state index in [9.17, 15) is 4.39 Å². The van der Waals surface area contributed by atoms with Crippen LogP contribution >= 0.6 is 11.6 Å². The summed E-state index contributed by atoms with van der Waals surface area (Å²) in [5.74, 6) is -0.294. The lowest BCUT2D eigenvalue weighted by Crippen LogP contribution is -1.85. The van der Waals surface area contributed by atoms with Crippen molar-refractivity contribution in [2.75, 3.05) is 0 Å². The second kappa shape index (κ2) is 4.43. The molecule has 0 fully saturated rings. The van der Waals surface area contributed by atoms with Gasteiger partial charge in [-0.2, -0.15) is 0 Å². The highest BCUT2D eigenvalue weighted by Gasteiger charge is 2.09. The zero-order valence-corrected chi connectivity index (χ0v) is 10.3. The van der Waals surface area contributed by atoms with Gasteiger partial charge in [-0.15, -0.1) is 0 Å². The van der Waals surface area contributed by atoms with Gasteiger partial charge in [0.1, 0.15) is 5.82 Å². The summed E-state index contributed by atoms with van der Waals surface area (Å²) in [4.78, 5) is 0. The first-order valence-electron chi connectivity index (χ1n) is 5.69. The standard InChI is InChI=1S/C16H10ClF/c17-14-6-3-7-15(18)16(14)13-9-8-11-4-1-2-5-12(11)10-13/h1-10H. The van der Waals surface area contributed by atoms with Gasteiger partial charge in [0.2, 0.25) is 0 Å². The quantitative estimate of drug-likeness (QED) is 0.554. The Morgan fingerprint density at radius 3 is 2.33 bits per heavy atom. The molecule has 0 spiro atoms. The van der Waals surface area contributed by atoms with Crippen LogP contribution in [0.3, 0.4) is 0 Å². The van der Waals surface area contributed by atoms with Gasteiger partial charge in [-0.1, -0.05) is 54.1 Å². The van der Waals surface area contributed by atoms with E-state index >= 15 is 0 Å². The summed E-state index contributed by atoms with van der Waals surface area (Å²) in [6.45, 7) is 0. The van der Waals surface area contributed by atoms with Gasteiger partial charge in [-0.25, -0.2) is 4.39 Å². The summed E-state index contributed by atoms with van der Waals surface area (Å²) < 4.78 is 13.9. The first kappa shape index (κ1) is 11.2. The van der Waals surface area contributed by atoms with Crippen molar-refractivity contribution in [1.82, 2.24) is 0 Å². The smallest absolute Gasteiger partial charge is 0.132 e. The van der Waals surface area contributed by atoms with Crippen LogP contribution in [0.25, 0.3) is 21.9 Å². The highest BCUT2D eigenvalue weighted by molar-refractivity contribution is 6.33. The topological polar surface area (TPSA) is 0 Å². The van der Waals surface area contributed by atoms with Crippen LogP contribution < -0.4 is 0 Å². The van der Waals surface area contributed by atoms with Gasteiger partial charge in [0.15, 0.2) is 0 Å². The molecule has 3 rings (SSSR count).